The van der Waals surface area contributed by atoms with Gasteiger partial charge in [-0.15, -0.1) is 5.10 Å². The maximum Gasteiger partial charge on any atom is 0.233 e. The van der Waals surface area contributed by atoms with Gasteiger partial charge in [0, 0.05) is 18.8 Å². The van der Waals surface area contributed by atoms with Gasteiger partial charge in [0.25, 0.3) is 0 Å². The minimum atomic E-state index is -0.646. The number of aliphatic hydroxyl groups is 1. The van der Waals surface area contributed by atoms with Gasteiger partial charge in [-0.3, -0.25) is 0 Å². The molecule has 3 N–H and O–H groups in total. The largest absolute Gasteiger partial charge is 0.474 e. The third-order valence-corrected chi connectivity index (χ3v) is 1.24. The van der Waals surface area contributed by atoms with Gasteiger partial charge in [-0.2, -0.15) is 5.10 Å². The molecule has 5 heteroatoms. The first-order chi connectivity index (χ1) is 5.83. The Bertz CT molecular complexity index is 217. The van der Waals surface area contributed by atoms with Crippen LogP contribution in [0.25, 0.3) is 0 Å². The van der Waals surface area contributed by atoms with Crippen molar-refractivity contribution in [3.05, 3.63) is 18.3 Å². The highest BCUT2D eigenvalue weighted by atomic mass is 16.5. The van der Waals surface area contributed by atoms with E-state index in [9.17, 15) is 0 Å². The van der Waals surface area contributed by atoms with E-state index in [4.69, 9.17) is 15.6 Å². The summed E-state index contributed by atoms with van der Waals surface area (Å²) in [6.07, 6.45) is 0.902. The Kier molecular flexibility index (Phi) is 3.43. The average Bonchev–Trinajstić information content (AvgIpc) is 2.16. The predicted molar refractivity (Wildman–Crippen MR) is 42.6 cm³/mol. The van der Waals surface area contributed by atoms with Gasteiger partial charge in [0.2, 0.25) is 5.88 Å². The fourth-order valence-corrected chi connectivity index (χ4v) is 0.614. The number of aliphatic hydroxyl groups excluding tert-OH is 1. The maximum absolute atomic E-state index is 9.02. The zero-order chi connectivity index (χ0) is 8.81. The fourth-order valence-electron chi connectivity index (χ4n) is 0.614. The van der Waals surface area contributed by atoms with Crippen LogP contribution in [0.1, 0.15) is 0 Å². The van der Waals surface area contributed by atoms with Crippen LogP contribution in [-0.4, -0.2) is 34.6 Å². The molecule has 66 valence electrons. The third-order valence-electron chi connectivity index (χ3n) is 1.24. The molecule has 0 saturated heterocycles. The Morgan fingerprint density at radius 2 is 2.50 bits per heavy atom. The predicted octanol–water partition coefficient (Wildman–Crippen LogP) is -0.825. The first-order valence-corrected chi connectivity index (χ1v) is 3.61. The molecule has 1 heterocycles. The zero-order valence-corrected chi connectivity index (χ0v) is 6.55. The second-order valence-corrected chi connectivity index (χ2v) is 2.26. The Morgan fingerprint density at radius 3 is 3.08 bits per heavy atom. The van der Waals surface area contributed by atoms with Crippen molar-refractivity contribution < 1.29 is 9.84 Å². The lowest BCUT2D eigenvalue weighted by Crippen LogP contribution is -2.26. The molecule has 0 aliphatic heterocycles. The monoisotopic (exact) mass is 169 g/mol. The summed E-state index contributed by atoms with van der Waals surface area (Å²) in [6.45, 7) is 0.329. The van der Waals surface area contributed by atoms with E-state index in [-0.39, 0.29) is 13.2 Å². The lowest BCUT2D eigenvalue weighted by molar-refractivity contribution is 0.111. The first kappa shape index (κ1) is 8.89. The van der Waals surface area contributed by atoms with Crippen LogP contribution in [0, 0.1) is 0 Å². The first-order valence-electron chi connectivity index (χ1n) is 3.61. The summed E-state index contributed by atoms with van der Waals surface area (Å²) in [4.78, 5) is 0. The molecule has 0 fully saturated rings. The molecular formula is C7H11N3O2. The lowest BCUT2D eigenvalue weighted by Gasteiger charge is -2.07. The van der Waals surface area contributed by atoms with Crippen molar-refractivity contribution in [2.75, 3.05) is 13.2 Å². The van der Waals surface area contributed by atoms with Crippen LogP contribution in [0.3, 0.4) is 0 Å². The summed E-state index contributed by atoms with van der Waals surface area (Å²) >= 11 is 0. The second-order valence-electron chi connectivity index (χ2n) is 2.26. The number of nitrogens with zero attached hydrogens (tertiary/aromatic N) is 2. The van der Waals surface area contributed by atoms with E-state index in [2.05, 4.69) is 10.2 Å². The van der Waals surface area contributed by atoms with Gasteiger partial charge in [0.15, 0.2) is 0 Å². The summed E-state index contributed by atoms with van der Waals surface area (Å²) in [5.74, 6) is 0.394. The summed E-state index contributed by atoms with van der Waals surface area (Å²) in [5, 5.41) is 16.3. The minimum Gasteiger partial charge on any atom is -0.474 e. The number of ether oxygens (including phenoxy) is 1. The van der Waals surface area contributed by atoms with Crippen molar-refractivity contribution in [2.24, 2.45) is 5.73 Å². The molecule has 0 bridgehead atoms. The summed E-state index contributed by atoms with van der Waals surface area (Å²) in [6, 6.07) is 3.37. The van der Waals surface area contributed by atoms with E-state index in [1.807, 2.05) is 0 Å². The van der Waals surface area contributed by atoms with E-state index >= 15 is 0 Å². The van der Waals surface area contributed by atoms with Gasteiger partial charge < -0.3 is 15.6 Å². The topological polar surface area (TPSA) is 81.3 Å². The van der Waals surface area contributed by atoms with Crippen molar-refractivity contribution in [2.45, 2.75) is 6.10 Å². The Hall–Kier alpha value is -1.20. The van der Waals surface area contributed by atoms with E-state index in [0.717, 1.165) is 0 Å². The highest BCUT2D eigenvalue weighted by Gasteiger charge is 2.01. The number of aromatic nitrogens is 2. The number of rotatable bonds is 4. The van der Waals surface area contributed by atoms with Crippen LogP contribution >= 0.6 is 0 Å². The van der Waals surface area contributed by atoms with Crippen molar-refractivity contribution in [3.63, 3.8) is 0 Å². The second kappa shape index (κ2) is 4.63. The van der Waals surface area contributed by atoms with Crippen LogP contribution < -0.4 is 10.5 Å². The third kappa shape index (κ3) is 2.81. The fraction of sp³-hybridized carbons (Fsp3) is 0.429. The van der Waals surface area contributed by atoms with Gasteiger partial charge in [-0.1, -0.05) is 0 Å². The summed E-state index contributed by atoms with van der Waals surface area (Å²) in [5.41, 5.74) is 5.17. The van der Waals surface area contributed by atoms with Crippen LogP contribution in [0.15, 0.2) is 18.3 Å². The molecule has 0 radical (unpaired) electrons. The quantitative estimate of drug-likeness (QED) is 0.615. The standard InChI is InChI=1S/C7H11N3O2/c8-4-6(11)5-12-7-2-1-3-9-10-7/h1-3,6,11H,4-5,8H2. The average molecular weight is 169 g/mol. The van der Waals surface area contributed by atoms with Crippen LogP contribution in [0.2, 0.25) is 0 Å². The van der Waals surface area contributed by atoms with Gasteiger partial charge in [-0.05, 0) is 6.07 Å². The molecular weight excluding hydrogens is 158 g/mol. The Labute approximate surface area is 70.2 Å². The van der Waals surface area contributed by atoms with Gasteiger partial charge >= 0.3 is 0 Å². The summed E-state index contributed by atoms with van der Waals surface area (Å²) < 4.78 is 5.06. The van der Waals surface area contributed by atoms with E-state index < -0.39 is 6.10 Å². The Morgan fingerprint density at radius 1 is 1.67 bits per heavy atom. The molecule has 5 nitrogen and oxygen atoms in total. The molecule has 1 aromatic rings. The number of hydrogen-bond donors (Lipinski definition) is 2. The van der Waals surface area contributed by atoms with E-state index in [1.165, 1.54) is 0 Å². The molecule has 12 heavy (non-hydrogen) atoms. The van der Waals surface area contributed by atoms with Crippen molar-refractivity contribution in [1.29, 1.82) is 0 Å². The molecule has 0 saturated carbocycles. The zero-order valence-electron chi connectivity index (χ0n) is 6.55. The molecule has 0 spiro atoms. The molecule has 1 rings (SSSR count). The SMILES string of the molecule is NCC(O)COc1cccnn1. The normalized spacial score (nSPS) is 12.5. The molecule has 1 atom stereocenters. The van der Waals surface area contributed by atoms with Crippen LogP contribution in [0.4, 0.5) is 0 Å². The molecule has 1 unspecified atom stereocenters. The molecule has 0 aromatic carbocycles. The van der Waals surface area contributed by atoms with Gasteiger partial charge in [0.05, 0.1) is 0 Å². The van der Waals surface area contributed by atoms with E-state index in [0.29, 0.717) is 5.88 Å². The smallest absolute Gasteiger partial charge is 0.233 e. The van der Waals surface area contributed by atoms with Crippen LogP contribution in [-0.2, 0) is 0 Å². The molecule has 0 aliphatic rings. The molecule has 0 aliphatic carbocycles. The van der Waals surface area contributed by atoms with Crippen LogP contribution in [0.5, 0.6) is 5.88 Å². The van der Waals surface area contributed by atoms with Crippen molar-refractivity contribution in [3.8, 4) is 5.88 Å². The minimum absolute atomic E-state index is 0.148. The van der Waals surface area contributed by atoms with E-state index in [1.54, 1.807) is 18.3 Å². The summed E-state index contributed by atoms with van der Waals surface area (Å²) in [7, 11) is 0. The molecule has 1 aromatic heterocycles. The highest BCUT2D eigenvalue weighted by Crippen LogP contribution is 2.01. The number of nitrogens with two attached hydrogens (primary N) is 1. The van der Waals surface area contributed by atoms with Crippen molar-refractivity contribution >= 4 is 0 Å². The molecule has 0 amide bonds. The van der Waals surface area contributed by atoms with Gasteiger partial charge in [-0.25, -0.2) is 0 Å². The number of hydrogen-bond acceptors (Lipinski definition) is 5. The highest BCUT2D eigenvalue weighted by molar-refractivity contribution is 5.05. The lowest BCUT2D eigenvalue weighted by atomic mass is 10.4. The maximum atomic E-state index is 9.02. The van der Waals surface area contributed by atoms with Gasteiger partial charge in [0.1, 0.15) is 12.7 Å². The van der Waals surface area contributed by atoms with Crippen molar-refractivity contribution in [1.82, 2.24) is 10.2 Å². The Balaban J connectivity index is 2.33.